The predicted molar refractivity (Wildman–Crippen MR) is 120 cm³/mol. The summed E-state index contributed by atoms with van der Waals surface area (Å²) in [7, 11) is 0. The van der Waals surface area contributed by atoms with Crippen molar-refractivity contribution in [1.29, 1.82) is 0 Å². The molecule has 9 nitrogen and oxygen atoms in total. The summed E-state index contributed by atoms with van der Waals surface area (Å²) in [5.41, 5.74) is 1.90. The van der Waals surface area contributed by atoms with Gasteiger partial charge in [-0.05, 0) is 74.7 Å². The van der Waals surface area contributed by atoms with E-state index in [-0.39, 0.29) is 23.7 Å². The molecule has 0 saturated heterocycles. The van der Waals surface area contributed by atoms with Crippen LogP contribution in [0.2, 0.25) is 0 Å². The lowest BCUT2D eigenvalue weighted by Crippen LogP contribution is -2.59. The molecule has 4 N–H and O–H groups in total. The third-order valence-electron chi connectivity index (χ3n) is 8.25. The number of amides is 1. The number of hydrogen-bond acceptors (Lipinski definition) is 7. The number of hydrogen-bond donors (Lipinski definition) is 4. The Labute approximate surface area is 190 Å². The first-order valence-corrected chi connectivity index (χ1v) is 12.1. The van der Waals surface area contributed by atoms with E-state index < -0.39 is 5.60 Å². The molecule has 3 heterocycles. The molecule has 33 heavy (non-hydrogen) atoms. The predicted octanol–water partition coefficient (Wildman–Crippen LogP) is 3.10. The summed E-state index contributed by atoms with van der Waals surface area (Å²) >= 11 is 0. The molecule has 3 aromatic heterocycles. The number of aromatic amines is 1. The third kappa shape index (κ3) is 3.32. The second-order valence-corrected chi connectivity index (χ2v) is 10.7. The summed E-state index contributed by atoms with van der Waals surface area (Å²) in [6.07, 6.45) is 10.9. The molecule has 8 rings (SSSR count). The molecule has 5 saturated carbocycles. The van der Waals surface area contributed by atoms with Crippen LogP contribution in [0.5, 0.6) is 0 Å². The van der Waals surface area contributed by atoms with Crippen LogP contribution >= 0.6 is 0 Å². The van der Waals surface area contributed by atoms with Crippen molar-refractivity contribution >= 4 is 22.6 Å². The Morgan fingerprint density at radius 1 is 1.24 bits per heavy atom. The van der Waals surface area contributed by atoms with Crippen molar-refractivity contribution in [1.82, 2.24) is 25.4 Å². The number of carbonyl (C=O) groups is 1. The van der Waals surface area contributed by atoms with E-state index in [1.807, 2.05) is 12.3 Å². The summed E-state index contributed by atoms with van der Waals surface area (Å²) < 4.78 is 5.53. The molecule has 3 aromatic rings. The van der Waals surface area contributed by atoms with Crippen molar-refractivity contribution in [3.05, 3.63) is 24.3 Å². The van der Waals surface area contributed by atoms with Crippen molar-refractivity contribution in [3.8, 4) is 11.5 Å². The molecule has 5 aliphatic carbocycles. The second-order valence-electron chi connectivity index (χ2n) is 10.7. The smallest absolute Gasteiger partial charge is 0.292 e. The normalized spacial score (nSPS) is 32.4. The summed E-state index contributed by atoms with van der Waals surface area (Å²) in [5, 5.41) is 22.6. The highest BCUT2D eigenvalue weighted by Gasteiger charge is 2.54. The fraction of sp³-hybridized carbons (Fsp3) is 0.583. The molecular formula is C24H28N6O3. The number of carbonyl (C=O) groups excluding carboxylic acids is 1. The van der Waals surface area contributed by atoms with E-state index in [1.54, 1.807) is 6.20 Å². The Balaban J connectivity index is 1.21. The minimum atomic E-state index is -0.478. The number of nitrogens with one attached hydrogen (secondary N) is 3. The van der Waals surface area contributed by atoms with Crippen molar-refractivity contribution in [2.75, 3.05) is 11.9 Å². The highest BCUT2D eigenvalue weighted by molar-refractivity contribution is 5.97. The lowest BCUT2D eigenvalue weighted by atomic mass is 9.52. The van der Waals surface area contributed by atoms with Gasteiger partial charge in [-0.15, -0.1) is 0 Å². The Bertz CT molecular complexity index is 1210. The topological polar surface area (TPSA) is 129 Å². The van der Waals surface area contributed by atoms with E-state index in [9.17, 15) is 9.90 Å². The number of rotatable bonds is 6. The van der Waals surface area contributed by atoms with Crippen LogP contribution in [0.4, 0.5) is 5.69 Å². The number of nitrogens with zero attached hydrogens (tertiary/aromatic N) is 3. The lowest BCUT2D eigenvalue weighted by Gasteiger charge is -2.58. The quantitative estimate of drug-likeness (QED) is 0.456. The second kappa shape index (κ2) is 7.03. The van der Waals surface area contributed by atoms with Gasteiger partial charge in [0.2, 0.25) is 0 Å². The maximum Gasteiger partial charge on any atom is 0.292 e. The van der Waals surface area contributed by atoms with E-state index in [4.69, 9.17) is 4.52 Å². The number of pyridine rings is 1. The average molecular weight is 449 g/mol. The molecule has 5 aliphatic rings. The van der Waals surface area contributed by atoms with E-state index >= 15 is 0 Å². The first-order valence-electron chi connectivity index (χ1n) is 12.1. The van der Waals surface area contributed by atoms with Crippen LogP contribution in [0.3, 0.4) is 0 Å². The minimum Gasteiger partial charge on any atom is -0.390 e. The van der Waals surface area contributed by atoms with Crippen LogP contribution in [0, 0.1) is 23.7 Å². The number of anilines is 1. The zero-order valence-corrected chi connectivity index (χ0v) is 18.4. The Hall–Kier alpha value is -2.94. The highest BCUT2D eigenvalue weighted by atomic mass is 16.5. The Kier molecular flexibility index (Phi) is 4.16. The molecule has 0 radical (unpaired) electrons. The van der Waals surface area contributed by atoms with Crippen molar-refractivity contribution < 1.29 is 14.4 Å². The van der Waals surface area contributed by atoms with Gasteiger partial charge in [0.1, 0.15) is 5.65 Å². The minimum absolute atomic E-state index is 0.0441. The largest absolute Gasteiger partial charge is 0.390 e. The molecule has 9 heteroatoms. The molecule has 5 fully saturated rings. The van der Waals surface area contributed by atoms with Crippen LogP contribution in [0.1, 0.15) is 55.6 Å². The highest BCUT2D eigenvalue weighted by Crippen LogP contribution is 2.56. The van der Waals surface area contributed by atoms with E-state index in [0.717, 1.165) is 48.8 Å². The summed E-state index contributed by atoms with van der Waals surface area (Å²) in [5.74, 6) is 2.13. The van der Waals surface area contributed by atoms with Crippen molar-refractivity contribution in [3.63, 3.8) is 0 Å². The Morgan fingerprint density at radius 3 is 2.82 bits per heavy atom. The first-order chi connectivity index (χ1) is 16.0. The van der Waals surface area contributed by atoms with Crippen molar-refractivity contribution in [2.24, 2.45) is 23.7 Å². The number of aromatic nitrogens is 4. The average Bonchev–Trinajstić information content (AvgIpc) is 3.27. The SMILES string of the molecule is O=C(NCC1CC1)c1noc(-c2cnc3[nH]ccc3c2N[C@H]2[C@@H]3CC4C[C@H]2C[C@@](O)(C4)C3)n1. The molecule has 1 unspecified atom stereocenters. The van der Waals surface area contributed by atoms with Gasteiger partial charge in [-0.3, -0.25) is 4.79 Å². The summed E-state index contributed by atoms with van der Waals surface area (Å²) in [4.78, 5) is 24.6. The van der Waals surface area contributed by atoms with Gasteiger partial charge < -0.3 is 25.2 Å². The molecule has 0 aliphatic heterocycles. The third-order valence-corrected chi connectivity index (χ3v) is 8.25. The van der Waals surface area contributed by atoms with Crippen LogP contribution in [0.25, 0.3) is 22.5 Å². The fourth-order valence-corrected chi connectivity index (χ4v) is 6.77. The summed E-state index contributed by atoms with van der Waals surface area (Å²) in [6.45, 7) is 0.657. The molecule has 0 spiro atoms. The molecule has 1 amide bonds. The Morgan fingerprint density at radius 2 is 2.06 bits per heavy atom. The van der Waals surface area contributed by atoms with Crippen LogP contribution in [-0.2, 0) is 0 Å². The number of fused-ring (bicyclic) bond motifs is 1. The zero-order valence-electron chi connectivity index (χ0n) is 18.4. The van der Waals surface area contributed by atoms with Gasteiger partial charge in [0.15, 0.2) is 0 Å². The lowest BCUT2D eigenvalue weighted by molar-refractivity contribution is -0.129. The van der Waals surface area contributed by atoms with Crippen LogP contribution in [0.15, 0.2) is 23.0 Å². The van der Waals surface area contributed by atoms with E-state index in [2.05, 4.69) is 30.7 Å². The molecule has 0 aromatic carbocycles. The van der Waals surface area contributed by atoms with Crippen LogP contribution < -0.4 is 10.6 Å². The number of H-pyrrole nitrogens is 1. The maximum atomic E-state index is 12.4. The van der Waals surface area contributed by atoms with E-state index in [0.29, 0.717) is 35.8 Å². The van der Waals surface area contributed by atoms with E-state index in [1.165, 1.54) is 12.8 Å². The van der Waals surface area contributed by atoms with Gasteiger partial charge in [-0.25, -0.2) is 4.98 Å². The standard InChI is InChI=1S/C24H28N6O3/c31-22(27-10-12-1-2-12)21-29-23(33-30-21)17-11-26-20-16(3-4-25-20)19(17)28-18-14-5-13-6-15(18)9-24(32,7-13)8-14/h3-4,11-15,18,32H,1-2,5-10H2,(H,27,31)(H2,25,26,28)/t13?,14-,15+,18+,24-. The van der Waals surface area contributed by atoms with Gasteiger partial charge in [-0.1, -0.05) is 5.16 Å². The van der Waals surface area contributed by atoms with Gasteiger partial charge in [0, 0.05) is 30.4 Å². The molecule has 172 valence electrons. The first kappa shape index (κ1) is 19.5. The zero-order chi connectivity index (χ0) is 22.2. The fourth-order valence-electron chi connectivity index (χ4n) is 6.77. The molecule has 5 atom stereocenters. The molecule has 4 bridgehead atoms. The van der Waals surface area contributed by atoms with Gasteiger partial charge >= 0.3 is 0 Å². The maximum absolute atomic E-state index is 12.4. The van der Waals surface area contributed by atoms with Gasteiger partial charge in [0.25, 0.3) is 17.6 Å². The summed E-state index contributed by atoms with van der Waals surface area (Å²) in [6, 6.07) is 2.28. The van der Waals surface area contributed by atoms with Crippen molar-refractivity contribution in [2.45, 2.75) is 56.6 Å². The monoisotopic (exact) mass is 448 g/mol. The van der Waals surface area contributed by atoms with Gasteiger partial charge in [0.05, 0.1) is 16.9 Å². The van der Waals surface area contributed by atoms with Crippen LogP contribution in [-0.4, -0.2) is 49.3 Å². The molecular weight excluding hydrogens is 420 g/mol. The van der Waals surface area contributed by atoms with Gasteiger partial charge in [-0.2, -0.15) is 4.98 Å². The number of aliphatic hydroxyl groups is 1.